The molecule has 0 saturated carbocycles. The molecule has 0 saturated heterocycles. The molecule has 0 aliphatic heterocycles. The van der Waals surface area contributed by atoms with E-state index in [0.717, 1.165) is 16.4 Å². The van der Waals surface area contributed by atoms with Gasteiger partial charge in [-0.15, -0.1) is 0 Å². The second-order valence-electron chi connectivity index (χ2n) is 5.48. The van der Waals surface area contributed by atoms with Gasteiger partial charge in [0.2, 0.25) is 16.9 Å². The van der Waals surface area contributed by atoms with Crippen molar-refractivity contribution in [1.82, 2.24) is 10.6 Å². The van der Waals surface area contributed by atoms with Crippen molar-refractivity contribution in [2.45, 2.75) is 19.5 Å². The zero-order valence-electron chi connectivity index (χ0n) is 14.3. The number of carbonyl (C=O) groups is 3. The summed E-state index contributed by atoms with van der Waals surface area (Å²) >= 11 is 0. The number of carbonyl (C=O) groups excluding carboxylic acids is 3. The minimum Gasteiger partial charge on any atom is -0.350 e. The van der Waals surface area contributed by atoms with E-state index in [4.69, 9.17) is 0 Å². The van der Waals surface area contributed by atoms with Crippen molar-refractivity contribution in [2.24, 2.45) is 0 Å². The summed E-state index contributed by atoms with van der Waals surface area (Å²) in [5.41, 5.74) is 1.58. The lowest BCUT2D eigenvalue weighted by molar-refractivity contribution is -0.127. The van der Waals surface area contributed by atoms with E-state index in [2.05, 4.69) is 10.6 Å². The predicted octanol–water partition coefficient (Wildman–Crippen LogP) is 3.03. The smallest absolute Gasteiger partial charge is 0.243 e. The Morgan fingerprint density at radius 2 is 1.58 bits per heavy atom. The largest absolute Gasteiger partial charge is 0.350 e. The van der Waals surface area contributed by atoms with Gasteiger partial charge in [-0.1, -0.05) is 71.5 Å². The van der Waals surface area contributed by atoms with Gasteiger partial charge in [-0.3, -0.25) is 14.4 Å². The topological polar surface area (TPSA) is 75.3 Å². The third-order valence-electron chi connectivity index (χ3n) is 3.38. The van der Waals surface area contributed by atoms with Crippen LogP contribution in [0.4, 0.5) is 0 Å². The van der Waals surface area contributed by atoms with Crippen molar-refractivity contribution in [3.8, 4) is 0 Å². The third kappa shape index (κ3) is 6.93. The lowest BCUT2D eigenvalue weighted by Gasteiger charge is -2.17. The molecule has 2 aromatic rings. The van der Waals surface area contributed by atoms with Crippen LogP contribution in [-0.4, -0.2) is 28.7 Å². The fraction of sp³-hybridized carbons (Fsp3) is 0.211. The summed E-state index contributed by atoms with van der Waals surface area (Å²) in [5.74, 6) is -0.266. The van der Waals surface area contributed by atoms with Gasteiger partial charge in [0.15, 0.2) is 0 Å². The first-order valence-electron chi connectivity index (χ1n) is 8.04. The molecule has 1 unspecified atom stereocenters. The minimum atomic E-state index is -0.697. The maximum absolute atomic E-state index is 12.4. The van der Waals surface area contributed by atoms with Crippen LogP contribution in [0.1, 0.15) is 22.8 Å². The van der Waals surface area contributed by atoms with E-state index in [0.29, 0.717) is 17.9 Å². The number of nitrogens with one attached hydrogen (secondary N) is 2. The zero-order chi connectivity index (χ0) is 18.8. The Bertz CT molecular complexity index is 739. The Balaban J connectivity index is 1.84. The molecule has 2 aromatic carbocycles. The molecule has 0 radical (unpaired) electrons. The molecule has 136 valence electrons. The van der Waals surface area contributed by atoms with Crippen LogP contribution in [0.25, 0.3) is 0 Å². The number of hydrogen-bond acceptors (Lipinski definition) is 5. The second kappa shape index (κ2) is 10.7. The summed E-state index contributed by atoms with van der Waals surface area (Å²) in [5, 5.41) is 5.36. The average Bonchev–Trinajstić information content (AvgIpc) is 2.66. The van der Waals surface area contributed by atoms with E-state index in [-0.39, 0.29) is 16.9 Å². The Hall–Kier alpha value is -2.25. The highest BCUT2D eigenvalue weighted by molar-refractivity contribution is 8.82. The minimum absolute atomic E-state index is 0.0816. The van der Waals surface area contributed by atoms with Crippen molar-refractivity contribution in [1.29, 1.82) is 0 Å². The second-order valence-corrected chi connectivity index (χ2v) is 7.79. The molecule has 7 heteroatoms. The molecule has 0 bridgehead atoms. The highest BCUT2D eigenvalue weighted by atomic mass is 33.1. The number of hydrogen-bond donors (Lipinski definition) is 2. The van der Waals surface area contributed by atoms with Crippen molar-refractivity contribution < 1.29 is 14.4 Å². The fourth-order valence-electron chi connectivity index (χ4n) is 2.11. The highest BCUT2D eigenvalue weighted by Gasteiger charge is 2.20. The molecule has 0 heterocycles. The normalized spacial score (nSPS) is 11.4. The first kappa shape index (κ1) is 20.1. The zero-order valence-corrected chi connectivity index (χ0v) is 15.9. The molecule has 2 N–H and O–H groups in total. The molecule has 0 spiro atoms. The molecule has 5 nitrogen and oxygen atoms in total. The summed E-state index contributed by atoms with van der Waals surface area (Å²) in [6.45, 7) is 1.75. The van der Waals surface area contributed by atoms with Crippen LogP contribution in [0.2, 0.25) is 0 Å². The SMILES string of the molecule is CC(=O)NC(CSSC(=O)c1ccccc1)C(=O)NCc1ccccc1. The maximum Gasteiger partial charge on any atom is 0.243 e. The Kier molecular flexibility index (Phi) is 8.24. The van der Waals surface area contributed by atoms with Crippen LogP contribution >= 0.6 is 21.6 Å². The van der Waals surface area contributed by atoms with Crippen LogP contribution in [-0.2, 0) is 16.1 Å². The molecule has 2 rings (SSSR count). The highest BCUT2D eigenvalue weighted by Crippen LogP contribution is 2.26. The first-order chi connectivity index (χ1) is 12.6. The molecule has 0 fully saturated rings. The van der Waals surface area contributed by atoms with E-state index < -0.39 is 6.04 Å². The van der Waals surface area contributed by atoms with E-state index in [1.54, 1.807) is 24.3 Å². The van der Waals surface area contributed by atoms with Crippen molar-refractivity contribution in [2.75, 3.05) is 5.75 Å². The molecule has 1 atom stereocenters. The first-order valence-corrected chi connectivity index (χ1v) is 10.4. The molecule has 26 heavy (non-hydrogen) atoms. The van der Waals surface area contributed by atoms with Crippen molar-refractivity contribution >= 4 is 38.5 Å². The summed E-state index contributed by atoms with van der Waals surface area (Å²) < 4.78 is 0. The molecule has 2 amide bonds. The van der Waals surface area contributed by atoms with Gasteiger partial charge in [-0.25, -0.2) is 0 Å². The Morgan fingerprint density at radius 3 is 2.19 bits per heavy atom. The standard InChI is InChI=1S/C19H20N2O3S2/c1-14(22)21-17(18(23)20-12-15-8-4-2-5-9-15)13-25-26-19(24)16-10-6-3-7-11-16/h2-11,17H,12-13H2,1H3,(H,20,23)(H,21,22). The molecule has 0 aromatic heterocycles. The summed E-state index contributed by atoms with van der Waals surface area (Å²) in [7, 11) is 2.31. The van der Waals surface area contributed by atoms with E-state index in [9.17, 15) is 14.4 Å². The van der Waals surface area contributed by atoms with E-state index in [1.165, 1.54) is 17.7 Å². The van der Waals surface area contributed by atoms with E-state index in [1.807, 2.05) is 36.4 Å². The van der Waals surface area contributed by atoms with Crippen LogP contribution < -0.4 is 10.6 Å². The number of rotatable bonds is 8. The van der Waals surface area contributed by atoms with Crippen LogP contribution in [0, 0.1) is 0 Å². The van der Waals surface area contributed by atoms with Crippen molar-refractivity contribution in [3.63, 3.8) is 0 Å². The fourth-order valence-corrected chi connectivity index (χ4v) is 4.11. The molecular weight excluding hydrogens is 368 g/mol. The maximum atomic E-state index is 12.4. The quantitative estimate of drug-likeness (QED) is 0.680. The lowest BCUT2D eigenvalue weighted by Crippen LogP contribution is -2.47. The van der Waals surface area contributed by atoms with Gasteiger partial charge in [-0.2, -0.15) is 0 Å². The average molecular weight is 389 g/mol. The molecule has 0 aliphatic rings. The van der Waals surface area contributed by atoms with Crippen molar-refractivity contribution in [3.05, 3.63) is 71.8 Å². The monoisotopic (exact) mass is 388 g/mol. The van der Waals surface area contributed by atoms with Gasteiger partial charge < -0.3 is 10.6 Å². The molecular formula is C19H20N2O3S2. The van der Waals surface area contributed by atoms with E-state index >= 15 is 0 Å². The number of amides is 2. The summed E-state index contributed by atoms with van der Waals surface area (Å²) in [4.78, 5) is 35.8. The van der Waals surface area contributed by atoms with Gasteiger partial charge in [0, 0.05) is 24.8 Å². The molecule has 0 aliphatic carbocycles. The van der Waals surface area contributed by atoms with Gasteiger partial charge in [0.25, 0.3) is 0 Å². The van der Waals surface area contributed by atoms with Crippen LogP contribution in [0.5, 0.6) is 0 Å². The Labute approximate surface area is 160 Å². The third-order valence-corrected chi connectivity index (χ3v) is 5.57. The van der Waals surface area contributed by atoms with Gasteiger partial charge >= 0.3 is 0 Å². The van der Waals surface area contributed by atoms with Gasteiger partial charge in [-0.05, 0) is 16.4 Å². The summed E-state index contributed by atoms with van der Waals surface area (Å²) in [6.07, 6.45) is 0. The van der Waals surface area contributed by atoms with Crippen LogP contribution in [0.3, 0.4) is 0 Å². The predicted molar refractivity (Wildman–Crippen MR) is 107 cm³/mol. The number of benzene rings is 2. The van der Waals surface area contributed by atoms with Gasteiger partial charge in [0.05, 0.1) is 0 Å². The summed E-state index contributed by atoms with van der Waals surface area (Å²) in [6, 6.07) is 17.8. The van der Waals surface area contributed by atoms with Gasteiger partial charge in [0.1, 0.15) is 6.04 Å². The van der Waals surface area contributed by atoms with Crippen LogP contribution in [0.15, 0.2) is 60.7 Å². The Morgan fingerprint density at radius 1 is 0.962 bits per heavy atom. The lowest BCUT2D eigenvalue weighted by atomic mass is 10.2.